The molecular weight excluding hydrogens is 279 g/mol. The maximum absolute atomic E-state index is 13.2. The fourth-order valence-electron chi connectivity index (χ4n) is 2.52. The van der Waals surface area contributed by atoms with Crippen LogP contribution in [0, 0.1) is 24.7 Å². The molecule has 0 spiro atoms. The summed E-state index contributed by atoms with van der Waals surface area (Å²) in [5.41, 5.74) is 2.44. The van der Waals surface area contributed by atoms with Gasteiger partial charge in [-0.2, -0.15) is 4.39 Å². The second-order valence-corrected chi connectivity index (χ2v) is 6.25. The first kappa shape index (κ1) is 16.4. The Morgan fingerprint density at radius 2 is 1.95 bits per heavy atom. The first-order valence-corrected chi connectivity index (χ1v) is 7.67. The number of pyridine rings is 2. The summed E-state index contributed by atoms with van der Waals surface area (Å²) in [6.45, 7) is 9.28. The molecule has 0 fully saturated rings. The van der Waals surface area contributed by atoms with E-state index >= 15 is 0 Å². The molecule has 0 unspecified atom stereocenters. The van der Waals surface area contributed by atoms with Crippen molar-refractivity contribution < 1.29 is 9.13 Å². The van der Waals surface area contributed by atoms with Crippen LogP contribution in [0.4, 0.5) is 4.39 Å². The number of hydrogen-bond donors (Lipinski definition) is 0. The molecular formula is C18H23FN2O. The predicted octanol–water partition coefficient (Wildman–Crippen LogP) is 4.65. The van der Waals surface area contributed by atoms with E-state index in [1.165, 1.54) is 12.3 Å². The zero-order chi connectivity index (χ0) is 16.1. The molecule has 0 bridgehead atoms. The normalized spacial score (nSPS) is 12.5. The van der Waals surface area contributed by atoms with Gasteiger partial charge in [0.1, 0.15) is 5.75 Å². The van der Waals surface area contributed by atoms with Crippen molar-refractivity contribution in [2.75, 3.05) is 6.61 Å². The molecule has 2 rings (SSSR count). The minimum atomic E-state index is -0.500. The van der Waals surface area contributed by atoms with Crippen LogP contribution in [0.25, 0.3) is 11.3 Å². The molecule has 0 radical (unpaired) electrons. The topological polar surface area (TPSA) is 35.0 Å². The number of halogens is 1. The predicted molar refractivity (Wildman–Crippen MR) is 86.3 cm³/mol. The summed E-state index contributed by atoms with van der Waals surface area (Å²) in [6, 6.07) is 5.04. The molecule has 3 nitrogen and oxygen atoms in total. The molecule has 0 aliphatic carbocycles. The molecule has 0 aliphatic rings. The van der Waals surface area contributed by atoms with Gasteiger partial charge in [0, 0.05) is 17.8 Å². The Labute approximate surface area is 131 Å². The molecule has 22 heavy (non-hydrogen) atoms. The molecule has 4 heteroatoms. The Kier molecular flexibility index (Phi) is 5.47. The van der Waals surface area contributed by atoms with Gasteiger partial charge in [-0.25, -0.2) is 4.98 Å². The van der Waals surface area contributed by atoms with E-state index in [-0.39, 0.29) is 0 Å². The van der Waals surface area contributed by atoms with Crippen molar-refractivity contribution in [1.82, 2.24) is 9.97 Å². The Morgan fingerprint density at radius 1 is 1.18 bits per heavy atom. The lowest BCUT2D eigenvalue weighted by molar-refractivity contribution is 0.237. The first-order valence-electron chi connectivity index (χ1n) is 7.67. The van der Waals surface area contributed by atoms with Crippen LogP contribution in [0.3, 0.4) is 0 Å². The number of aryl methyl sites for hydroxylation is 1. The smallest absolute Gasteiger partial charge is 0.213 e. The molecule has 2 aromatic heterocycles. The lowest BCUT2D eigenvalue weighted by atomic mass is 10.00. The molecule has 0 saturated heterocycles. The van der Waals surface area contributed by atoms with Crippen LogP contribution in [-0.2, 0) is 0 Å². The lowest BCUT2D eigenvalue weighted by Gasteiger charge is -2.16. The lowest BCUT2D eigenvalue weighted by Crippen LogP contribution is -2.11. The van der Waals surface area contributed by atoms with Crippen molar-refractivity contribution in [2.24, 2.45) is 11.8 Å². The highest BCUT2D eigenvalue weighted by Gasteiger charge is 2.09. The fraction of sp³-hybridized carbons (Fsp3) is 0.444. The summed E-state index contributed by atoms with van der Waals surface area (Å²) in [5, 5.41) is 0. The van der Waals surface area contributed by atoms with Crippen molar-refractivity contribution in [3.63, 3.8) is 0 Å². The maximum Gasteiger partial charge on any atom is 0.213 e. The second-order valence-electron chi connectivity index (χ2n) is 6.25. The van der Waals surface area contributed by atoms with E-state index < -0.39 is 5.95 Å². The Hall–Kier alpha value is -1.97. The number of nitrogens with zero attached hydrogens (tertiary/aromatic N) is 2. The fourth-order valence-corrected chi connectivity index (χ4v) is 2.52. The molecule has 0 aliphatic heterocycles. The van der Waals surface area contributed by atoms with E-state index in [1.807, 2.05) is 13.0 Å². The van der Waals surface area contributed by atoms with Gasteiger partial charge in [-0.1, -0.05) is 20.8 Å². The van der Waals surface area contributed by atoms with Gasteiger partial charge < -0.3 is 4.74 Å². The minimum absolute atomic E-state index is 0.500. The molecule has 2 heterocycles. The molecule has 0 aromatic carbocycles. The van der Waals surface area contributed by atoms with E-state index in [9.17, 15) is 4.39 Å². The van der Waals surface area contributed by atoms with Gasteiger partial charge in [-0.15, -0.1) is 0 Å². The van der Waals surface area contributed by atoms with E-state index in [0.29, 0.717) is 18.4 Å². The highest BCUT2D eigenvalue weighted by atomic mass is 19.1. The highest BCUT2D eigenvalue weighted by molar-refractivity contribution is 5.60. The molecule has 1 atom stereocenters. The summed E-state index contributed by atoms with van der Waals surface area (Å²) < 4.78 is 19.0. The zero-order valence-electron chi connectivity index (χ0n) is 13.6. The molecule has 0 amide bonds. The third-order valence-electron chi connectivity index (χ3n) is 3.48. The van der Waals surface area contributed by atoms with Crippen LogP contribution in [0.2, 0.25) is 0 Å². The number of aromatic nitrogens is 2. The Bertz CT molecular complexity index is 628. The second kappa shape index (κ2) is 7.34. The quantitative estimate of drug-likeness (QED) is 0.728. The Morgan fingerprint density at radius 3 is 2.59 bits per heavy atom. The van der Waals surface area contributed by atoms with Gasteiger partial charge >= 0.3 is 0 Å². The number of ether oxygens (including phenoxy) is 1. The number of hydrogen-bond acceptors (Lipinski definition) is 3. The van der Waals surface area contributed by atoms with Crippen LogP contribution in [0.1, 0.15) is 32.8 Å². The van der Waals surface area contributed by atoms with Crippen LogP contribution < -0.4 is 4.74 Å². The average molecular weight is 302 g/mol. The van der Waals surface area contributed by atoms with Crippen molar-refractivity contribution in [1.29, 1.82) is 0 Å². The van der Waals surface area contributed by atoms with E-state index in [2.05, 4.69) is 30.7 Å². The van der Waals surface area contributed by atoms with E-state index in [0.717, 1.165) is 29.0 Å². The van der Waals surface area contributed by atoms with Gasteiger partial charge in [0.25, 0.3) is 0 Å². The molecule has 118 valence electrons. The summed E-state index contributed by atoms with van der Waals surface area (Å²) in [4.78, 5) is 7.93. The van der Waals surface area contributed by atoms with Crippen LogP contribution in [0.15, 0.2) is 30.6 Å². The van der Waals surface area contributed by atoms with Crippen molar-refractivity contribution in [3.8, 4) is 17.0 Å². The Balaban J connectivity index is 2.07. The third-order valence-corrected chi connectivity index (χ3v) is 3.48. The van der Waals surface area contributed by atoms with Gasteiger partial charge in [0.15, 0.2) is 0 Å². The molecule has 0 N–H and O–H groups in total. The molecule has 0 saturated carbocycles. The number of rotatable bonds is 6. The third kappa shape index (κ3) is 4.52. The first-order chi connectivity index (χ1) is 10.5. The summed E-state index contributed by atoms with van der Waals surface area (Å²) in [7, 11) is 0. The van der Waals surface area contributed by atoms with Gasteiger partial charge in [0.2, 0.25) is 5.95 Å². The largest absolute Gasteiger partial charge is 0.491 e. The van der Waals surface area contributed by atoms with Crippen LogP contribution >= 0.6 is 0 Å². The van der Waals surface area contributed by atoms with Gasteiger partial charge in [0.05, 0.1) is 18.5 Å². The maximum atomic E-state index is 13.2. The standard InChI is InChI=1S/C18H23FN2O/c1-12(2)7-13(3)11-22-17-10-21-16(8-14(17)4)15-5-6-20-18(19)9-15/h5-6,8-10,12-13H,7,11H2,1-4H3/t13-/m1/s1. The summed E-state index contributed by atoms with van der Waals surface area (Å²) in [5.74, 6) is 1.46. The minimum Gasteiger partial charge on any atom is -0.491 e. The van der Waals surface area contributed by atoms with Crippen LogP contribution in [-0.4, -0.2) is 16.6 Å². The van der Waals surface area contributed by atoms with Crippen molar-refractivity contribution in [2.45, 2.75) is 34.1 Å². The van der Waals surface area contributed by atoms with E-state index in [4.69, 9.17) is 4.74 Å². The van der Waals surface area contributed by atoms with Crippen molar-refractivity contribution in [3.05, 3.63) is 42.1 Å². The monoisotopic (exact) mass is 302 g/mol. The van der Waals surface area contributed by atoms with Crippen LogP contribution in [0.5, 0.6) is 5.75 Å². The van der Waals surface area contributed by atoms with Crippen molar-refractivity contribution >= 4 is 0 Å². The summed E-state index contributed by atoms with van der Waals surface area (Å²) in [6.07, 6.45) is 4.30. The van der Waals surface area contributed by atoms with Gasteiger partial charge in [-0.05, 0) is 42.9 Å². The zero-order valence-corrected chi connectivity index (χ0v) is 13.6. The SMILES string of the molecule is Cc1cc(-c2ccnc(F)c2)ncc1OC[C@H](C)CC(C)C. The van der Waals surface area contributed by atoms with E-state index in [1.54, 1.807) is 12.3 Å². The van der Waals surface area contributed by atoms with Gasteiger partial charge in [-0.3, -0.25) is 4.98 Å². The average Bonchev–Trinajstić information content (AvgIpc) is 2.45. The summed E-state index contributed by atoms with van der Waals surface area (Å²) >= 11 is 0. The molecule has 2 aromatic rings. The highest BCUT2D eigenvalue weighted by Crippen LogP contribution is 2.24.